The van der Waals surface area contributed by atoms with E-state index >= 15 is 0 Å². The summed E-state index contributed by atoms with van der Waals surface area (Å²) in [4.78, 5) is 25.3. The van der Waals surface area contributed by atoms with E-state index in [0.29, 0.717) is 5.69 Å². The Morgan fingerprint density at radius 1 is 1.57 bits per heavy atom. The van der Waals surface area contributed by atoms with Gasteiger partial charge in [-0.1, -0.05) is 6.07 Å². The van der Waals surface area contributed by atoms with Crippen LogP contribution in [0.5, 0.6) is 0 Å². The van der Waals surface area contributed by atoms with Gasteiger partial charge in [-0.2, -0.15) is 0 Å². The summed E-state index contributed by atoms with van der Waals surface area (Å²) in [5.74, 6) is -0.717. The molecule has 0 fully saturated rings. The van der Waals surface area contributed by atoms with Gasteiger partial charge in [-0.15, -0.1) is 0 Å². The molecule has 1 rings (SSSR count). The topological polar surface area (TPSA) is 56.3 Å². The van der Waals surface area contributed by atoms with Crippen LogP contribution < -0.4 is 0 Å². The molecule has 0 saturated carbocycles. The van der Waals surface area contributed by atoms with Crippen molar-refractivity contribution in [1.29, 1.82) is 0 Å². The molecule has 0 saturated heterocycles. The van der Waals surface area contributed by atoms with Crippen molar-refractivity contribution in [2.75, 3.05) is 7.11 Å². The molecule has 0 bridgehead atoms. The lowest BCUT2D eigenvalue weighted by Crippen LogP contribution is -2.05. The third-order valence-corrected chi connectivity index (χ3v) is 1.50. The van der Waals surface area contributed by atoms with Crippen molar-refractivity contribution in [3.63, 3.8) is 0 Å². The number of hydrogen-bond donors (Lipinski definition) is 0. The van der Waals surface area contributed by atoms with Gasteiger partial charge >= 0.3 is 5.97 Å². The molecule has 1 heterocycles. The molecule has 0 aliphatic heterocycles. The second-order valence-electron chi connectivity index (χ2n) is 2.41. The first-order valence-corrected chi connectivity index (χ1v) is 3.87. The molecule has 0 aliphatic carbocycles. The lowest BCUT2D eigenvalue weighted by atomic mass is 10.2. The molecular weight excluding hydrogens is 182 g/mol. The van der Waals surface area contributed by atoms with Crippen molar-refractivity contribution in [3.05, 3.63) is 35.7 Å². The monoisotopic (exact) mass is 190 g/mol. The minimum Gasteiger partial charge on any atom is -0.465 e. The smallest absolute Gasteiger partial charge is 0.342 e. The Bertz CT molecular complexity index is 357. The van der Waals surface area contributed by atoms with Crippen LogP contribution in [-0.2, 0) is 14.3 Å². The third-order valence-electron chi connectivity index (χ3n) is 1.50. The lowest BCUT2D eigenvalue weighted by Gasteiger charge is -1.96. The van der Waals surface area contributed by atoms with Crippen molar-refractivity contribution in [3.8, 4) is 0 Å². The van der Waals surface area contributed by atoms with Gasteiger partial charge in [0.25, 0.3) is 0 Å². The fourth-order valence-corrected chi connectivity index (χ4v) is 0.849. The number of hydrogen-bond acceptors (Lipinski definition) is 4. The second kappa shape index (κ2) is 4.91. The van der Waals surface area contributed by atoms with Crippen LogP contribution in [-0.4, -0.2) is 24.3 Å². The zero-order valence-electron chi connectivity index (χ0n) is 7.56. The first kappa shape index (κ1) is 10.1. The van der Waals surface area contributed by atoms with Crippen LogP contribution in [0.2, 0.25) is 0 Å². The van der Waals surface area contributed by atoms with E-state index in [1.807, 2.05) is 0 Å². The Morgan fingerprint density at radius 2 is 2.36 bits per heavy atom. The number of nitrogens with zero attached hydrogens (tertiary/aromatic N) is 1. The predicted molar refractivity (Wildman–Crippen MR) is 49.9 cm³/mol. The summed E-state index contributed by atoms with van der Waals surface area (Å²) in [6.07, 6.45) is 4.38. The summed E-state index contributed by atoms with van der Waals surface area (Å²) in [7, 11) is 1.20. The van der Waals surface area contributed by atoms with Crippen molar-refractivity contribution >= 4 is 18.3 Å². The molecule has 0 aromatic carbocycles. The number of aromatic nitrogens is 1. The Morgan fingerprint density at radius 3 is 2.86 bits per heavy atom. The summed E-state index contributed by atoms with van der Waals surface area (Å²) in [6, 6.07) is 5.15. The molecule has 1 aromatic heterocycles. The van der Waals surface area contributed by atoms with Crippen LogP contribution in [0, 0.1) is 0 Å². The zero-order chi connectivity index (χ0) is 10.4. The Balaban J connectivity index is 2.95. The van der Waals surface area contributed by atoms with Crippen molar-refractivity contribution in [2.24, 2.45) is 0 Å². The van der Waals surface area contributed by atoms with Gasteiger partial charge < -0.3 is 4.74 Å². The molecule has 0 spiro atoms. The predicted octanol–water partition coefficient (Wildman–Crippen LogP) is 0.748. The summed E-state index contributed by atoms with van der Waals surface area (Å²) in [5.41, 5.74) is 0.336. The fourth-order valence-electron chi connectivity index (χ4n) is 0.849. The van der Waals surface area contributed by atoms with Gasteiger partial charge in [0.05, 0.1) is 12.8 Å². The van der Waals surface area contributed by atoms with Crippen LogP contribution in [0.4, 0.5) is 0 Å². The van der Waals surface area contributed by atoms with E-state index in [9.17, 15) is 9.59 Å². The van der Waals surface area contributed by atoms with Gasteiger partial charge in [0, 0.05) is 6.20 Å². The lowest BCUT2D eigenvalue weighted by molar-refractivity contribution is -0.135. The fraction of sp³-hybridized carbons (Fsp3) is 0.100. The van der Waals surface area contributed by atoms with Gasteiger partial charge in [-0.05, 0) is 18.2 Å². The highest BCUT2D eigenvalue weighted by atomic mass is 16.5. The maximum atomic E-state index is 11.0. The third kappa shape index (κ3) is 2.52. The summed E-state index contributed by atoms with van der Waals surface area (Å²) >= 11 is 0. The standard InChI is InChI=1S/C10H8NO3/c1-14-10(13)8(7-12)6-9-4-2-3-5-11-9/h2-6H,1H3/b8-6+. The molecule has 4 heteroatoms. The van der Waals surface area contributed by atoms with E-state index < -0.39 is 5.97 Å². The van der Waals surface area contributed by atoms with Gasteiger partial charge in [-0.25, -0.2) is 4.79 Å². The number of carbonyl (C=O) groups excluding carboxylic acids is 2. The number of ether oxygens (including phenoxy) is 1. The van der Waals surface area contributed by atoms with E-state index in [4.69, 9.17) is 0 Å². The number of methoxy groups -OCH3 is 1. The highest BCUT2D eigenvalue weighted by molar-refractivity contribution is 6.11. The minimum absolute atomic E-state index is 0.175. The van der Waals surface area contributed by atoms with Crippen molar-refractivity contribution in [2.45, 2.75) is 0 Å². The minimum atomic E-state index is -0.717. The van der Waals surface area contributed by atoms with Gasteiger partial charge in [-0.3, -0.25) is 9.78 Å². The summed E-state index contributed by atoms with van der Waals surface area (Å²) in [6.45, 7) is 0. The van der Waals surface area contributed by atoms with E-state index in [-0.39, 0.29) is 5.57 Å². The number of carbonyl (C=O) groups is 1. The van der Waals surface area contributed by atoms with Crippen LogP contribution in [0.25, 0.3) is 6.08 Å². The van der Waals surface area contributed by atoms with Crippen LogP contribution >= 0.6 is 0 Å². The maximum Gasteiger partial charge on any atom is 0.342 e. The van der Waals surface area contributed by atoms with E-state index in [2.05, 4.69) is 9.72 Å². The van der Waals surface area contributed by atoms with Crippen LogP contribution in [0.15, 0.2) is 30.0 Å². The van der Waals surface area contributed by atoms with Gasteiger partial charge in [0.1, 0.15) is 5.57 Å². The normalized spacial score (nSPS) is 10.8. The average molecular weight is 190 g/mol. The highest BCUT2D eigenvalue weighted by Crippen LogP contribution is 2.02. The number of pyridine rings is 1. The Labute approximate surface area is 81.2 Å². The van der Waals surface area contributed by atoms with E-state index in [1.54, 1.807) is 24.4 Å². The molecule has 0 N–H and O–H groups in total. The van der Waals surface area contributed by atoms with Crippen LogP contribution in [0.3, 0.4) is 0 Å². The first-order valence-electron chi connectivity index (χ1n) is 3.87. The average Bonchev–Trinajstić information content (AvgIpc) is 2.26. The molecule has 0 aliphatic rings. The largest absolute Gasteiger partial charge is 0.465 e. The van der Waals surface area contributed by atoms with E-state index in [0.717, 1.165) is 0 Å². The highest BCUT2D eigenvalue weighted by Gasteiger charge is 2.09. The Kier molecular flexibility index (Phi) is 3.55. The van der Waals surface area contributed by atoms with Crippen LogP contribution in [0.1, 0.15) is 5.69 Å². The van der Waals surface area contributed by atoms with E-state index in [1.165, 1.54) is 19.5 Å². The summed E-state index contributed by atoms with van der Waals surface area (Å²) < 4.78 is 4.38. The van der Waals surface area contributed by atoms with Crippen molar-refractivity contribution < 1.29 is 14.3 Å². The second-order valence-corrected chi connectivity index (χ2v) is 2.41. The zero-order valence-corrected chi connectivity index (χ0v) is 7.56. The molecule has 0 atom stereocenters. The SMILES string of the molecule is COC(=O)/C([C]=O)=C/c1ccccn1. The molecule has 4 nitrogen and oxygen atoms in total. The number of esters is 1. The van der Waals surface area contributed by atoms with Gasteiger partial charge in [0.15, 0.2) is 0 Å². The molecular formula is C10H8NO3. The first-order chi connectivity index (χ1) is 6.77. The molecule has 14 heavy (non-hydrogen) atoms. The molecule has 0 amide bonds. The number of rotatable bonds is 3. The molecule has 0 unspecified atom stereocenters. The molecule has 1 aromatic rings. The maximum absolute atomic E-state index is 11.0. The molecule has 71 valence electrons. The van der Waals surface area contributed by atoms with Gasteiger partial charge in [0.2, 0.25) is 6.29 Å². The quantitative estimate of drug-likeness (QED) is 0.305. The van der Waals surface area contributed by atoms with Crippen molar-refractivity contribution in [1.82, 2.24) is 4.98 Å². The Hall–Kier alpha value is -1.97. The summed E-state index contributed by atoms with van der Waals surface area (Å²) in [5, 5.41) is 0. The molecule has 1 radical (unpaired) electrons.